The molecule has 1 aliphatic carbocycles. The van der Waals surface area contributed by atoms with Crippen molar-refractivity contribution in [3.05, 3.63) is 29.8 Å². The van der Waals surface area contributed by atoms with Crippen LogP contribution < -0.4 is 15.8 Å². The summed E-state index contributed by atoms with van der Waals surface area (Å²) in [5.41, 5.74) is 7.26. The summed E-state index contributed by atoms with van der Waals surface area (Å²) in [6.07, 6.45) is 5.05. The molecule has 0 saturated heterocycles. The summed E-state index contributed by atoms with van der Waals surface area (Å²) in [5.74, 6) is 1.02. The highest BCUT2D eigenvalue weighted by Crippen LogP contribution is 2.28. The fourth-order valence-corrected chi connectivity index (χ4v) is 3.20. The van der Waals surface area contributed by atoms with Crippen LogP contribution in [0.3, 0.4) is 0 Å². The molecule has 1 aliphatic heterocycles. The highest BCUT2D eigenvalue weighted by Gasteiger charge is 2.29. The number of hydrogen-bond acceptors (Lipinski definition) is 3. The van der Waals surface area contributed by atoms with Crippen LogP contribution in [0, 0.1) is 5.92 Å². The molecule has 2 aliphatic rings. The molecule has 0 radical (unpaired) electrons. The van der Waals surface area contributed by atoms with Gasteiger partial charge in [0, 0.05) is 12.5 Å². The Balaban J connectivity index is 1.50. The summed E-state index contributed by atoms with van der Waals surface area (Å²) >= 11 is 0. The number of ether oxygens (including phenoxy) is 1. The van der Waals surface area contributed by atoms with E-state index in [1.54, 1.807) is 0 Å². The zero-order valence-electron chi connectivity index (χ0n) is 11.7. The zero-order valence-corrected chi connectivity index (χ0v) is 11.7. The minimum atomic E-state index is -0.0208. The van der Waals surface area contributed by atoms with Crippen molar-refractivity contribution in [2.75, 3.05) is 6.54 Å². The van der Waals surface area contributed by atoms with Gasteiger partial charge >= 0.3 is 0 Å². The molecule has 1 heterocycles. The van der Waals surface area contributed by atoms with Crippen molar-refractivity contribution in [3.8, 4) is 5.75 Å². The van der Waals surface area contributed by atoms with Crippen LogP contribution in [-0.4, -0.2) is 24.6 Å². The third-order valence-electron chi connectivity index (χ3n) is 4.37. The Morgan fingerprint density at radius 3 is 2.90 bits per heavy atom. The van der Waals surface area contributed by atoms with E-state index < -0.39 is 0 Å². The molecule has 20 heavy (non-hydrogen) atoms. The molecule has 3 unspecified atom stereocenters. The highest BCUT2D eigenvalue weighted by molar-refractivity contribution is 5.79. The lowest BCUT2D eigenvalue weighted by Gasteiger charge is -2.27. The second kappa shape index (κ2) is 5.83. The Hall–Kier alpha value is -1.55. The molecule has 3 atom stereocenters. The molecule has 1 aromatic rings. The van der Waals surface area contributed by atoms with E-state index in [1.165, 1.54) is 5.56 Å². The minimum Gasteiger partial charge on any atom is -0.488 e. The van der Waals surface area contributed by atoms with Crippen LogP contribution in [0.4, 0.5) is 0 Å². The first-order valence-corrected chi connectivity index (χ1v) is 7.52. The van der Waals surface area contributed by atoms with Crippen molar-refractivity contribution in [1.29, 1.82) is 0 Å². The van der Waals surface area contributed by atoms with E-state index in [9.17, 15) is 4.79 Å². The fourth-order valence-electron chi connectivity index (χ4n) is 3.20. The molecular formula is C16H22N2O2. The summed E-state index contributed by atoms with van der Waals surface area (Å²) in [7, 11) is 0. The topological polar surface area (TPSA) is 64.4 Å². The van der Waals surface area contributed by atoms with Crippen LogP contribution in [0.5, 0.6) is 5.75 Å². The number of benzene rings is 1. The quantitative estimate of drug-likeness (QED) is 0.880. The van der Waals surface area contributed by atoms with E-state index in [2.05, 4.69) is 11.4 Å². The van der Waals surface area contributed by atoms with Gasteiger partial charge in [0.2, 0.25) is 5.91 Å². The largest absolute Gasteiger partial charge is 0.488 e. The lowest BCUT2D eigenvalue weighted by molar-refractivity contribution is -0.126. The maximum atomic E-state index is 12.2. The summed E-state index contributed by atoms with van der Waals surface area (Å²) in [6.45, 7) is 0.566. The van der Waals surface area contributed by atoms with Crippen LogP contribution in [0.2, 0.25) is 0 Å². The average molecular weight is 274 g/mol. The molecule has 0 aromatic heterocycles. The van der Waals surface area contributed by atoms with E-state index in [0.717, 1.165) is 37.9 Å². The number of hydrogen-bond donors (Lipinski definition) is 2. The van der Waals surface area contributed by atoms with Gasteiger partial charge in [-0.1, -0.05) is 31.0 Å². The van der Waals surface area contributed by atoms with Gasteiger partial charge in [-0.15, -0.1) is 0 Å². The molecule has 1 amide bonds. The summed E-state index contributed by atoms with van der Waals surface area (Å²) in [4.78, 5) is 12.2. The van der Waals surface area contributed by atoms with Gasteiger partial charge in [0.05, 0.1) is 12.5 Å². The van der Waals surface area contributed by atoms with Gasteiger partial charge in [-0.3, -0.25) is 4.79 Å². The van der Waals surface area contributed by atoms with E-state index in [0.29, 0.717) is 6.54 Å². The third-order valence-corrected chi connectivity index (χ3v) is 4.37. The van der Waals surface area contributed by atoms with Gasteiger partial charge in [-0.05, 0) is 24.5 Å². The zero-order chi connectivity index (χ0) is 13.9. The molecule has 4 heteroatoms. The van der Waals surface area contributed by atoms with Crippen LogP contribution in [0.1, 0.15) is 31.2 Å². The average Bonchev–Trinajstić information content (AvgIpc) is 2.88. The Kier molecular flexibility index (Phi) is 3.92. The lowest BCUT2D eigenvalue weighted by atomic mass is 9.84. The molecule has 1 aromatic carbocycles. The van der Waals surface area contributed by atoms with Crippen molar-refractivity contribution in [2.45, 2.75) is 44.2 Å². The Morgan fingerprint density at radius 2 is 2.10 bits per heavy atom. The highest BCUT2D eigenvalue weighted by atomic mass is 16.5. The number of amides is 1. The summed E-state index contributed by atoms with van der Waals surface area (Å²) in [6, 6.07) is 8.07. The van der Waals surface area contributed by atoms with Crippen molar-refractivity contribution in [1.82, 2.24) is 5.32 Å². The van der Waals surface area contributed by atoms with Crippen molar-refractivity contribution >= 4 is 5.91 Å². The van der Waals surface area contributed by atoms with Crippen LogP contribution in [-0.2, 0) is 11.2 Å². The van der Waals surface area contributed by atoms with Crippen molar-refractivity contribution < 1.29 is 9.53 Å². The first-order chi connectivity index (χ1) is 9.74. The Bertz CT molecular complexity index is 464. The standard InChI is InChI=1S/C16H22N2O2/c17-14-7-3-2-6-13(14)16(19)18-10-12-9-11-5-1-4-8-15(11)20-12/h1,4-5,8,12-14H,2-3,6-7,9-10,17H2,(H,18,19). The number of nitrogens with two attached hydrogens (primary N) is 1. The van der Waals surface area contributed by atoms with Crippen molar-refractivity contribution in [2.24, 2.45) is 11.7 Å². The Morgan fingerprint density at radius 1 is 1.30 bits per heavy atom. The lowest BCUT2D eigenvalue weighted by Crippen LogP contribution is -2.46. The van der Waals surface area contributed by atoms with Gasteiger partial charge in [-0.2, -0.15) is 0 Å². The minimum absolute atomic E-state index is 0.0189. The first-order valence-electron chi connectivity index (χ1n) is 7.52. The van der Waals surface area contributed by atoms with E-state index in [-0.39, 0.29) is 24.0 Å². The van der Waals surface area contributed by atoms with Gasteiger partial charge in [0.15, 0.2) is 0 Å². The van der Waals surface area contributed by atoms with Gasteiger partial charge in [0.1, 0.15) is 11.9 Å². The maximum absolute atomic E-state index is 12.2. The molecule has 108 valence electrons. The molecule has 3 N–H and O–H groups in total. The van der Waals surface area contributed by atoms with Crippen LogP contribution in [0.25, 0.3) is 0 Å². The molecule has 0 bridgehead atoms. The number of carbonyl (C=O) groups is 1. The molecule has 3 rings (SSSR count). The van der Waals surface area contributed by atoms with Gasteiger partial charge in [-0.25, -0.2) is 0 Å². The van der Waals surface area contributed by atoms with Gasteiger partial charge < -0.3 is 15.8 Å². The monoisotopic (exact) mass is 274 g/mol. The number of para-hydroxylation sites is 1. The van der Waals surface area contributed by atoms with Crippen LogP contribution in [0.15, 0.2) is 24.3 Å². The Labute approximate surface area is 119 Å². The second-order valence-electron chi connectivity index (χ2n) is 5.85. The van der Waals surface area contributed by atoms with Crippen LogP contribution >= 0.6 is 0 Å². The SMILES string of the molecule is NC1CCCCC1C(=O)NCC1Cc2ccccc2O1. The fraction of sp³-hybridized carbons (Fsp3) is 0.562. The number of nitrogens with one attached hydrogen (secondary N) is 1. The second-order valence-corrected chi connectivity index (χ2v) is 5.85. The first kappa shape index (κ1) is 13.4. The number of carbonyl (C=O) groups excluding carboxylic acids is 1. The normalized spacial score (nSPS) is 28.6. The number of rotatable bonds is 3. The molecule has 0 spiro atoms. The molecule has 1 saturated carbocycles. The smallest absolute Gasteiger partial charge is 0.224 e. The van der Waals surface area contributed by atoms with E-state index in [1.807, 2.05) is 18.2 Å². The molecule has 4 nitrogen and oxygen atoms in total. The van der Waals surface area contributed by atoms with E-state index in [4.69, 9.17) is 10.5 Å². The summed E-state index contributed by atoms with van der Waals surface area (Å²) in [5, 5.41) is 3.02. The van der Waals surface area contributed by atoms with Gasteiger partial charge in [0.25, 0.3) is 0 Å². The predicted octanol–water partition coefficient (Wildman–Crippen LogP) is 1.62. The molecule has 1 fully saturated rings. The van der Waals surface area contributed by atoms with E-state index >= 15 is 0 Å². The summed E-state index contributed by atoms with van der Waals surface area (Å²) < 4.78 is 5.83. The molecular weight excluding hydrogens is 252 g/mol. The third kappa shape index (κ3) is 2.80. The van der Waals surface area contributed by atoms with Crippen molar-refractivity contribution in [3.63, 3.8) is 0 Å². The predicted molar refractivity (Wildman–Crippen MR) is 77.5 cm³/mol. The maximum Gasteiger partial charge on any atom is 0.224 e. The number of fused-ring (bicyclic) bond motifs is 1.